The average Bonchev–Trinajstić information content (AvgIpc) is 2.58. The monoisotopic (exact) mass is 406 g/mol. The molecule has 22 heavy (non-hydrogen) atoms. The van der Waals surface area contributed by atoms with Crippen LogP contribution in [-0.4, -0.2) is 0 Å². The molecule has 2 aromatic rings. The fourth-order valence-corrected chi connectivity index (χ4v) is 3.65. The molecule has 0 spiro atoms. The van der Waals surface area contributed by atoms with Gasteiger partial charge in [-0.3, -0.25) is 0 Å². The molecule has 0 heterocycles. The van der Waals surface area contributed by atoms with Crippen molar-refractivity contribution in [3.63, 3.8) is 0 Å². The highest BCUT2D eigenvalue weighted by Crippen LogP contribution is 2.36. The molecule has 0 bridgehead atoms. The lowest BCUT2D eigenvalue weighted by Gasteiger charge is -2.27. The van der Waals surface area contributed by atoms with E-state index in [-0.39, 0.29) is 5.82 Å². The summed E-state index contributed by atoms with van der Waals surface area (Å²) in [6.07, 6.45) is 7.09. The molecule has 0 atom stereocenters. The van der Waals surface area contributed by atoms with Crippen molar-refractivity contribution >= 4 is 22.6 Å². The summed E-state index contributed by atoms with van der Waals surface area (Å²) in [7, 11) is 0. The molecular formula is C20H20FI. The van der Waals surface area contributed by atoms with Gasteiger partial charge in [-0.15, -0.1) is 6.58 Å². The van der Waals surface area contributed by atoms with Gasteiger partial charge in [0.25, 0.3) is 0 Å². The molecule has 1 aliphatic carbocycles. The maximum absolute atomic E-state index is 13.7. The lowest BCUT2D eigenvalue weighted by Crippen LogP contribution is -2.11. The van der Waals surface area contributed by atoms with Crippen molar-refractivity contribution in [2.45, 2.75) is 31.6 Å². The Bertz CT molecular complexity index is 652. The third-order valence-electron chi connectivity index (χ3n) is 4.74. The van der Waals surface area contributed by atoms with Crippen LogP contribution in [0.5, 0.6) is 0 Å². The van der Waals surface area contributed by atoms with Gasteiger partial charge in [0.05, 0.1) is 0 Å². The number of hydrogen-bond donors (Lipinski definition) is 0. The van der Waals surface area contributed by atoms with Crippen LogP contribution in [-0.2, 0) is 0 Å². The second-order valence-electron chi connectivity index (χ2n) is 6.10. The first-order valence-corrected chi connectivity index (χ1v) is 8.93. The summed E-state index contributed by atoms with van der Waals surface area (Å²) in [6, 6.07) is 14.1. The predicted octanol–water partition coefficient (Wildman–Crippen LogP) is 6.56. The molecule has 1 fully saturated rings. The highest BCUT2D eigenvalue weighted by atomic mass is 127. The molecule has 2 heteroatoms. The molecule has 2 aromatic carbocycles. The van der Waals surface area contributed by atoms with Gasteiger partial charge < -0.3 is 0 Å². The number of rotatable bonds is 3. The van der Waals surface area contributed by atoms with Crippen LogP contribution in [0.4, 0.5) is 4.39 Å². The molecule has 0 radical (unpaired) electrons. The summed E-state index contributed by atoms with van der Waals surface area (Å²) in [4.78, 5) is 0. The smallest absolute Gasteiger partial charge is 0.137 e. The molecule has 0 nitrogen and oxygen atoms in total. The van der Waals surface area contributed by atoms with Crippen LogP contribution in [0.3, 0.4) is 0 Å². The SMILES string of the molecule is C=CC1CCC(c2ccc(-c3ccc(I)c(F)c3)cc2)CC1. The minimum Gasteiger partial charge on any atom is -0.206 e. The van der Waals surface area contributed by atoms with Crippen LogP contribution in [0, 0.1) is 15.3 Å². The van der Waals surface area contributed by atoms with Crippen LogP contribution >= 0.6 is 22.6 Å². The number of hydrogen-bond acceptors (Lipinski definition) is 0. The summed E-state index contributed by atoms with van der Waals surface area (Å²) in [5.41, 5.74) is 3.44. The van der Waals surface area contributed by atoms with Gasteiger partial charge in [-0.1, -0.05) is 36.4 Å². The summed E-state index contributed by atoms with van der Waals surface area (Å²) in [6.45, 7) is 3.91. The minimum absolute atomic E-state index is 0.148. The third kappa shape index (κ3) is 3.43. The predicted molar refractivity (Wildman–Crippen MR) is 99.4 cm³/mol. The zero-order chi connectivity index (χ0) is 15.5. The van der Waals surface area contributed by atoms with E-state index in [4.69, 9.17) is 0 Å². The largest absolute Gasteiger partial charge is 0.206 e. The van der Waals surface area contributed by atoms with E-state index < -0.39 is 0 Å². The van der Waals surface area contributed by atoms with Crippen molar-refractivity contribution < 1.29 is 4.39 Å². The Morgan fingerprint density at radius 3 is 2.18 bits per heavy atom. The quantitative estimate of drug-likeness (QED) is 0.400. The van der Waals surface area contributed by atoms with E-state index in [2.05, 4.69) is 36.9 Å². The zero-order valence-electron chi connectivity index (χ0n) is 12.6. The van der Waals surface area contributed by atoms with Gasteiger partial charge in [0.2, 0.25) is 0 Å². The molecular weight excluding hydrogens is 386 g/mol. The van der Waals surface area contributed by atoms with Crippen molar-refractivity contribution in [1.29, 1.82) is 0 Å². The van der Waals surface area contributed by atoms with Gasteiger partial charge in [0, 0.05) is 3.57 Å². The molecule has 0 aromatic heterocycles. The topological polar surface area (TPSA) is 0 Å². The van der Waals surface area contributed by atoms with Crippen LogP contribution in [0.1, 0.15) is 37.2 Å². The van der Waals surface area contributed by atoms with Gasteiger partial charge in [-0.25, -0.2) is 4.39 Å². The van der Waals surface area contributed by atoms with Crippen molar-refractivity contribution in [2.24, 2.45) is 5.92 Å². The Morgan fingerprint density at radius 1 is 0.955 bits per heavy atom. The Balaban J connectivity index is 1.75. The van der Waals surface area contributed by atoms with Gasteiger partial charge in [-0.05, 0) is 88.9 Å². The maximum Gasteiger partial charge on any atom is 0.137 e. The summed E-state index contributed by atoms with van der Waals surface area (Å²) in [5, 5.41) is 0. The number of halogens is 2. The molecule has 0 aliphatic heterocycles. The van der Waals surface area contributed by atoms with Gasteiger partial charge in [-0.2, -0.15) is 0 Å². The highest BCUT2D eigenvalue weighted by molar-refractivity contribution is 14.1. The Labute approximate surface area is 145 Å². The van der Waals surface area contributed by atoms with E-state index in [1.54, 1.807) is 6.07 Å². The van der Waals surface area contributed by atoms with E-state index in [0.717, 1.165) is 11.1 Å². The molecule has 1 saturated carbocycles. The zero-order valence-corrected chi connectivity index (χ0v) is 14.7. The lowest BCUT2D eigenvalue weighted by molar-refractivity contribution is 0.376. The molecule has 0 N–H and O–H groups in total. The Kier molecular flexibility index (Phi) is 4.97. The summed E-state index contributed by atoms with van der Waals surface area (Å²) >= 11 is 2.02. The Morgan fingerprint density at radius 2 is 1.59 bits per heavy atom. The lowest BCUT2D eigenvalue weighted by atomic mass is 9.78. The van der Waals surface area contributed by atoms with E-state index in [0.29, 0.717) is 15.4 Å². The van der Waals surface area contributed by atoms with Gasteiger partial charge in [0.15, 0.2) is 0 Å². The van der Waals surface area contributed by atoms with E-state index in [9.17, 15) is 4.39 Å². The molecule has 0 amide bonds. The highest BCUT2D eigenvalue weighted by Gasteiger charge is 2.20. The van der Waals surface area contributed by atoms with Crippen LogP contribution in [0.25, 0.3) is 11.1 Å². The second-order valence-corrected chi connectivity index (χ2v) is 7.26. The van der Waals surface area contributed by atoms with Crippen LogP contribution in [0.15, 0.2) is 55.1 Å². The average molecular weight is 406 g/mol. The number of benzene rings is 2. The fourth-order valence-electron chi connectivity index (χ4n) is 3.31. The maximum atomic E-state index is 13.7. The van der Waals surface area contributed by atoms with Crippen LogP contribution in [0.2, 0.25) is 0 Å². The van der Waals surface area contributed by atoms with E-state index in [1.165, 1.54) is 31.2 Å². The first kappa shape index (κ1) is 15.7. The summed E-state index contributed by atoms with van der Waals surface area (Å²) < 4.78 is 14.4. The standard InChI is InChI=1S/C20H20FI/c1-2-14-3-5-15(6-4-14)16-7-9-17(10-8-16)18-11-12-20(22)19(21)13-18/h2,7-15H,1,3-6H2. The number of allylic oxidation sites excluding steroid dienone is 1. The normalized spacial score (nSPS) is 21.5. The summed E-state index contributed by atoms with van der Waals surface area (Å²) in [5.74, 6) is 1.22. The molecule has 114 valence electrons. The van der Waals surface area contributed by atoms with Crippen LogP contribution < -0.4 is 0 Å². The van der Waals surface area contributed by atoms with Crippen molar-refractivity contribution in [3.8, 4) is 11.1 Å². The fraction of sp³-hybridized carbons (Fsp3) is 0.300. The molecule has 3 rings (SSSR count). The molecule has 0 saturated heterocycles. The van der Waals surface area contributed by atoms with Crippen molar-refractivity contribution in [1.82, 2.24) is 0 Å². The third-order valence-corrected chi connectivity index (χ3v) is 5.62. The van der Waals surface area contributed by atoms with Crippen molar-refractivity contribution in [2.75, 3.05) is 0 Å². The minimum atomic E-state index is -0.148. The first-order valence-electron chi connectivity index (χ1n) is 7.85. The van der Waals surface area contributed by atoms with E-state index >= 15 is 0 Å². The molecule has 1 aliphatic rings. The first-order chi connectivity index (χ1) is 10.7. The molecule has 0 unspecified atom stereocenters. The van der Waals surface area contributed by atoms with E-state index in [1.807, 2.05) is 34.7 Å². The second kappa shape index (κ2) is 6.95. The van der Waals surface area contributed by atoms with Gasteiger partial charge >= 0.3 is 0 Å². The van der Waals surface area contributed by atoms with Crippen molar-refractivity contribution in [3.05, 3.63) is 70.1 Å². The Hall–Kier alpha value is -1.16. The van der Waals surface area contributed by atoms with Gasteiger partial charge in [0.1, 0.15) is 5.82 Å².